The van der Waals surface area contributed by atoms with Crippen molar-refractivity contribution in [1.82, 2.24) is 4.57 Å². The summed E-state index contributed by atoms with van der Waals surface area (Å²) in [5.41, 5.74) is 0.900. The fourth-order valence-electron chi connectivity index (χ4n) is 1.76. The molecule has 0 amide bonds. The third-order valence-corrected chi connectivity index (χ3v) is 2.61. The summed E-state index contributed by atoms with van der Waals surface area (Å²) in [6, 6.07) is 8.46. The lowest BCUT2D eigenvalue weighted by Gasteiger charge is -2.11. The van der Waals surface area contributed by atoms with Crippen molar-refractivity contribution in [3.8, 4) is 17.2 Å². The Hall–Kier alpha value is -2.43. The minimum Gasteiger partial charge on any atom is -0.493 e. The van der Waals surface area contributed by atoms with Crippen molar-refractivity contribution < 1.29 is 19.4 Å². The van der Waals surface area contributed by atoms with Gasteiger partial charge in [0, 0.05) is 18.0 Å². The van der Waals surface area contributed by atoms with Crippen LogP contribution in [-0.2, 0) is 0 Å². The van der Waals surface area contributed by atoms with Crippen LogP contribution in [0.4, 0.5) is 0 Å². The van der Waals surface area contributed by atoms with Crippen molar-refractivity contribution in [3.05, 3.63) is 42.2 Å². The molecule has 0 saturated heterocycles. The molecule has 0 spiro atoms. The average molecular weight is 247 g/mol. The smallest absolute Gasteiger partial charge is 0.352 e. The number of ether oxygens (including phenoxy) is 2. The zero-order chi connectivity index (χ0) is 13.1. The summed E-state index contributed by atoms with van der Waals surface area (Å²) in [5, 5.41) is 9.07. The second-order valence-corrected chi connectivity index (χ2v) is 3.61. The number of aromatic carboxylic acids is 1. The van der Waals surface area contributed by atoms with Gasteiger partial charge in [-0.15, -0.1) is 0 Å². The van der Waals surface area contributed by atoms with Gasteiger partial charge < -0.3 is 19.1 Å². The number of nitrogens with zero attached hydrogens (tertiary/aromatic N) is 1. The molecule has 0 aliphatic rings. The summed E-state index contributed by atoms with van der Waals surface area (Å²) < 4.78 is 11.9. The van der Waals surface area contributed by atoms with E-state index in [2.05, 4.69) is 0 Å². The highest BCUT2D eigenvalue weighted by atomic mass is 16.5. The lowest BCUT2D eigenvalue weighted by atomic mass is 10.2. The molecular formula is C13H13NO4. The average Bonchev–Trinajstić information content (AvgIpc) is 2.87. The van der Waals surface area contributed by atoms with Crippen LogP contribution in [-0.4, -0.2) is 29.9 Å². The number of carboxylic acid groups (broad SMARTS) is 1. The van der Waals surface area contributed by atoms with Gasteiger partial charge in [0.05, 0.1) is 14.2 Å². The van der Waals surface area contributed by atoms with Crippen molar-refractivity contribution in [2.75, 3.05) is 14.2 Å². The lowest BCUT2D eigenvalue weighted by Crippen LogP contribution is -2.05. The van der Waals surface area contributed by atoms with Crippen LogP contribution in [0.1, 0.15) is 10.5 Å². The second kappa shape index (κ2) is 4.83. The maximum Gasteiger partial charge on any atom is 0.352 e. The Balaban J connectivity index is 2.51. The molecule has 5 heteroatoms. The Kier molecular flexibility index (Phi) is 3.23. The second-order valence-electron chi connectivity index (χ2n) is 3.61. The van der Waals surface area contributed by atoms with Gasteiger partial charge >= 0.3 is 5.97 Å². The number of carboxylic acids is 1. The molecule has 0 atom stereocenters. The molecule has 5 nitrogen and oxygen atoms in total. The van der Waals surface area contributed by atoms with Crippen molar-refractivity contribution in [1.29, 1.82) is 0 Å². The van der Waals surface area contributed by atoms with Gasteiger partial charge in [-0.3, -0.25) is 0 Å². The molecule has 0 fully saturated rings. The lowest BCUT2D eigenvalue weighted by molar-refractivity contribution is 0.0688. The van der Waals surface area contributed by atoms with Crippen LogP contribution >= 0.6 is 0 Å². The highest BCUT2D eigenvalue weighted by Gasteiger charge is 2.12. The van der Waals surface area contributed by atoms with E-state index in [4.69, 9.17) is 14.6 Å². The molecule has 0 aliphatic heterocycles. The summed E-state index contributed by atoms with van der Waals surface area (Å²) in [4.78, 5) is 11.1. The SMILES string of the molecule is COc1ccc(-n2cccc2C(=O)O)cc1OC. The molecular weight excluding hydrogens is 234 g/mol. The van der Waals surface area contributed by atoms with Crippen LogP contribution < -0.4 is 9.47 Å². The van der Waals surface area contributed by atoms with E-state index >= 15 is 0 Å². The van der Waals surface area contributed by atoms with E-state index in [1.165, 1.54) is 7.11 Å². The summed E-state index contributed by atoms with van der Waals surface area (Å²) in [5.74, 6) is 0.181. The van der Waals surface area contributed by atoms with Crippen molar-refractivity contribution in [2.24, 2.45) is 0 Å². The third kappa shape index (κ3) is 2.02. The summed E-state index contributed by atoms with van der Waals surface area (Å²) in [6.07, 6.45) is 1.69. The first-order valence-electron chi connectivity index (χ1n) is 5.30. The number of hydrogen-bond acceptors (Lipinski definition) is 3. The monoisotopic (exact) mass is 247 g/mol. The molecule has 0 aliphatic carbocycles. The summed E-state index contributed by atoms with van der Waals surface area (Å²) in [6.45, 7) is 0. The Morgan fingerprint density at radius 2 is 1.89 bits per heavy atom. The largest absolute Gasteiger partial charge is 0.493 e. The zero-order valence-electron chi connectivity index (χ0n) is 10.1. The van der Waals surface area contributed by atoms with Crippen LogP contribution in [0, 0.1) is 0 Å². The first-order chi connectivity index (χ1) is 8.67. The minimum absolute atomic E-state index is 0.196. The molecule has 94 valence electrons. The number of carbonyl (C=O) groups is 1. The Labute approximate surface area is 104 Å². The van der Waals surface area contributed by atoms with Crippen LogP contribution in [0.3, 0.4) is 0 Å². The number of hydrogen-bond donors (Lipinski definition) is 1. The highest BCUT2D eigenvalue weighted by molar-refractivity contribution is 5.86. The first-order valence-corrected chi connectivity index (χ1v) is 5.30. The van der Waals surface area contributed by atoms with E-state index in [0.29, 0.717) is 17.2 Å². The summed E-state index contributed by atoms with van der Waals surface area (Å²) >= 11 is 0. The summed E-state index contributed by atoms with van der Waals surface area (Å²) in [7, 11) is 3.09. The minimum atomic E-state index is -0.977. The molecule has 0 saturated carbocycles. The Bertz CT molecular complexity index is 574. The van der Waals surface area contributed by atoms with E-state index in [1.54, 1.807) is 48.2 Å². The van der Waals surface area contributed by atoms with Crippen molar-refractivity contribution >= 4 is 5.97 Å². The van der Waals surface area contributed by atoms with Gasteiger partial charge in [0.15, 0.2) is 11.5 Å². The fraction of sp³-hybridized carbons (Fsp3) is 0.154. The van der Waals surface area contributed by atoms with Crippen molar-refractivity contribution in [2.45, 2.75) is 0 Å². The van der Waals surface area contributed by atoms with Crippen LogP contribution in [0.2, 0.25) is 0 Å². The molecule has 0 radical (unpaired) electrons. The predicted molar refractivity (Wildman–Crippen MR) is 65.8 cm³/mol. The van der Waals surface area contributed by atoms with E-state index in [-0.39, 0.29) is 5.69 Å². The Morgan fingerprint density at radius 3 is 2.50 bits per heavy atom. The predicted octanol–water partition coefficient (Wildman–Crippen LogP) is 2.19. The molecule has 2 rings (SSSR count). The van der Waals surface area contributed by atoms with Gasteiger partial charge in [0.2, 0.25) is 0 Å². The number of aromatic nitrogens is 1. The van der Waals surface area contributed by atoms with Crippen LogP contribution in [0.5, 0.6) is 11.5 Å². The standard InChI is InChI=1S/C13H13NO4/c1-17-11-6-5-9(8-12(11)18-2)14-7-3-4-10(14)13(15)16/h3-8H,1-2H3,(H,15,16). The van der Waals surface area contributed by atoms with E-state index in [1.807, 2.05) is 0 Å². The van der Waals surface area contributed by atoms with Gasteiger partial charge in [0.1, 0.15) is 5.69 Å². The van der Waals surface area contributed by atoms with Gasteiger partial charge in [-0.2, -0.15) is 0 Å². The fourth-order valence-corrected chi connectivity index (χ4v) is 1.76. The maximum atomic E-state index is 11.1. The molecule has 2 aromatic rings. The molecule has 0 bridgehead atoms. The topological polar surface area (TPSA) is 60.7 Å². The Morgan fingerprint density at radius 1 is 1.17 bits per heavy atom. The van der Waals surface area contributed by atoms with Gasteiger partial charge in [-0.25, -0.2) is 4.79 Å². The third-order valence-electron chi connectivity index (χ3n) is 2.61. The van der Waals surface area contributed by atoms with Gasteiger partial charge in [-0.05, 0) is 24.3 Å². The quantitative estimate of drug-likeness (QED) is 0.899. The van der Waals surface area contributed by atoms with Crippen molar-refractivity contribution in [3.63, 3.8) is 0 Å². The normalized spacial score (nSPS) is 10.1. The molecule has 1 heterocycles. The zero-order valence-corrected chi connectivity index (χ0v) is 10.1. The number of rotatable bonds is 4. The number of methoxy groups -OCH3 is 2. The molecule has 1 aromatic heterocycles. The molecule has 1 N–H and O–H groups in total. The maximum absolute atomic E-state index is 11.1. The van der Waals surface area contributed by atoms with Crippen LogP contribution in [0.25, 0.3) is 5.69 Å². The highest BCUT2D eigenvalue weighted by Crippen LogP contribution is 2.29. The molecule has 0 unspecified atom stereocenters. The first kappa shape index (κ1) is 12.0. The van der Waals surface area contributed by atoms with Gasteiger partial charge in [-0.1, -0.05) is 0 Å². The van der Waals surface area contributed by atoms with Crippen LogP contribution in [0.15, 0.2) is 36.5 Å². The number of benzene rings is 1. The molecule has 18 heavy (non-hydrogen) atoms. The van der Waals surface area contributed by atoms with E-state index in [0.717, 1.165) is 0 Å². The van der Waals surface area contributed by atoms with E-state index < -0.39 is 5.97 Å². The molecule has 1 aromatic carbocycles. The van der Waals surface area contributed by atoms with E-state index in [9.17, 15) is 4.79 Å². The van der Waals surface area contributed by atoms with Gasteiger partial charge in [0.25, 0.3) is 0 Å².